The Balaban J connectivity index is 0.893. The Labute approximate surface area is 348 Å². The lowest BCUT2D eigenvalue weighted by atomic mass is 10.0. The molecule has 4 aromatic rings. The smallest absolute Gasteiger partial charge is 0.264 e. The maximum Gasteiger partial charge on any atom is 0.264 e. The van der Waals surface area contributed by atoms with E-state index < -0.39 is 51.4 Å². The van der Waals surface area contributed by atoms with Crippen molar-refractivity contribution in [2.45, 2.75) is 75.6 Å². The predicted molar refractivity (Wildman–Crippen MR) is 222 cm³/mol. The molecular weight excluding hydrogens is 849 g/mol. The fourth-order valence-corrected chi connectivity index (χ4v) is 8.34. The Kier molecular flexibility index (Phi) is 13.7. The molecule has 3 heterocycles. The normalized spacial score (nSPS) is 15.2. The van der Waals surface area contributed by atoms with Crippen LogP contribution >= 0.6 is 15.9 Å². The molecule has 1 saturated heterocycles. The standard InChI is InChI=1S/C40H43BrFN9O7S/c1-23-21-24(15-16-28(23)48-40-45-22-26(41)36(50-40)47-30-14-10-12-27(42)34(30)35(43)53)59(57,58)46-20-8-6-4-2-3-5-7-19-44-29-13-9-11-25-33(29)39(56)51(38(25)55)31-17-18-32(52)49-37(31)54/h9-16,21-22,31,44,46H,2-8,17-20H2,1H3,(H2,43,53)(H,49,52,54)(H2,45,47,48,50). The summed E-state index contributed by atoms with van der Waals surface area (Å²) in [6.45, 7) is 2.63. The zero-order valence-electron chi connectivity index (χ0n) is 32.1. The molecule has 0 bridgehead atoms. The SMILES string of the molecule is Cc1cc(S(=O)(=O)NCCCCCCCCCNc2cccc3c2C(=O)N(C2CCC(=O)NC2=O)C3=O)ccc1Nc1ncc(Br)c(Nc2cccc(F)c2C(N)=O)n1. The number of aryl methyl sites for hydroxylation is 1. The van der Waals surface area contributed by atoms with Gasteiger partial charge in [0.2, 0.25) is 27.8 Å². The zero-order valence-corrected chi connectivity index (χ0v) is 34.5. The van der Waals surface area contributed by atoms with E-state index in [1.54, 1.807) is 37.3 Å². The first-order valence-electron chi connectivity index (χ1n) is 19.1. The van der Waals surface area contributed by atoms with Gasteiger partial charge in [0.15, 0.2) is 0 Å². The number of hydrogen-bond acceptors (Lipinski definition) is 12. The molecular formula is C40H43BrFN9O7S. The lowest BCUT2D eigenvalue weighted by molar-refractivity contribution is -0.136. The van der Waals surface area contributed by atoms with Gasteiger partial charge in [-0.25, -0.2) is 22.5 Å². The molecule has 1 aromatic heterocycles. The average molecular weight is 893 g/mol. The molecule has 0 spiro atoms. The Morgan fingerprint density at radius 2 is 1.61 bits per heavy atom. The number of amides is 5. The third-order valence-electron chi connectivity index (χ3n) is 9.94. The molecule has 19 heteroatoms. The first-order valence-corrected chi connectivity index (χ1v) is 21.4. The van der Waals surface area contributed by atoms with Gasteiger partial charge in [0.05, 0.1) is 31.7 Å². The van der Waals surface area contributed by atoms with Crippen molar-refractivity contribution in [1.29, 1.82) is 0 Å². The van der Waals surface area contributed by atoms with Crippen molar-refractivity contribution in [3.8, 4) is 0 Å². The quantitative estimate of drug-likeness (QED) is 0.0485. The Morgan fingerprint density at radius 1 is 0.915 bits per heavy atom. The zero-order chi connectivity index (χ0) is 42.3. The summed E-state index contributed by atoms with van der Waals surface area (Å²) in [5.41, 5.74) is 7.37. The number of rotatable bonds is 19. The highest BCUT2D eigenvalue weighted by molar-refractivity contribution is 9.10. The molecule has 5 amide bonds. The molecule has 7 N–H and O–H groups in total. The van der Waals surface area contributed by atoms with E-state index in [4.69, 9.17) is 5.73 Å². The molecule has 0 aliphatic carbocycles. The number of nitrogens with one attached hydrogen (secondary N) is 5. The number of imide groups is 2. The lowest BCUT2D eigenvalue weighted by Crippen LogP contribution is -2.54. The highest BCUT2D eigenvalue weighted by Gasteiger charge is 2.45. The van der Waals surface area contributed by atoms with Gasteiger partial charge in [-0.1, -0.05) is 44.2 Å². The van der Waals surface area contributed by atoms with E-state index in [0.29, 0.717) is 40.9 Å². The molecule has 0 radical (unpaired) electrons. The summed E-state index contributed by atoms with van der Waals surface area (Å²) in [6, 6.07) is 12.7. The summed E-state index contributed by atoms with van der Waals surface area (Å²) >= 11 is 3.35. The van der Waals surface area contributed by atoms with Crippen molar-refractivity contribution in [3.05, 3.63) is 93.3 Å². The Hall–Kier alpha value is -5.79. The van der Waals surface area contributed by atoms with Crippen LogP contribution in [0.1, 0.15) is 94.4 Å². The second kappa shape index (κ2) is 18.9. The van der Waals surface area contributed by atoms with E-state index in [2.05, 4.69) is 51.9 Å². The van der Waals surface area contributed by atoms with Gasteiger partial charge in [0.25, 0.3) is 17.7 Å². The summed E-state index contributed by atoms with van der Waals surface area (Å²) in [5, 5.41) is 11.4. The van der Waals surface area contributed by atoms with Crippen molar-refractivity contribution in [3.63, 3.8) is 0 Å². The monoisotopic (exact) mass is 891 g/mol. The van der Waals surface area contributed by atoms with E-state index in [-0.39, 0.29) is 51.9 Å². The van der Waals surface area contributed by atoms with Gasteiger partial charge in [-0.2, -0.15) is 4.98 Å². The number of nitrogens with zero attached hydrogens (tertiary/aromatic N) is 3. The van der Waals surface area contributed by atoms with Gasteiger partial charge < -0.3 is 21.7 Å². The summed E-state index contributed by atoms with van der Waals surface area (Å²) in [5.74, 6) is -3.47. The number of fused-ring (bicyclic) bond motifs is 1. The minimum atomic E-state index is -3.76. The van der Waals surface area contributed by atoms with Gasteiger partial charge in [-0.05, 0) is 90.1 Å². The van der Waals surface area contributed by atoms with Crippen LogP contribution in [0.4, 0.5) is 33.2 Å². The minimum Gasteiger partial charge on any atom is -0.384 e. The lowest BCUT2D eigenvalue weighted by Gasteiger charge is -2.27. The van der Waals surface area contributed by atoms with Crippen LogP contribution in [0.15, 0.2) is 70.2 Å². The van der Waals surface area contributed by atoms with E-state index >= 15 is 0 Å². The van der Waals surface area contributed by atoms with Crippen LogP contribution in [0, 0.1) is 12.7 Å². The number of carbonyl (C=O) groups is 5. The van der Waals surface area contributed by atoms with Crippen molar-refractivity contribution < 1.29 is 36.8 Å². The Morgan fingerprint density at radius 3 is 2.32 bits per heavy atom. The molecule has 6 rings (SSSR count). The molecule has 3 aromatic carbocycles. The molecule has 1 unspecified atom stereocenters. The summed E-state index contributed by atoms with van der Waals surface area (Å²) in [7, 11) is -3.76. The van der Waals surface area contributed by atoms with Crippen molar-refractivity contribution >= 4 is 84.3 Å². The maximum atomic E-state index is 14.3. The summed E-state index contributed by atoms with van der Waals surface area (Å²) in [4.78, 5) is 71.8. The topological polar surface area (TPSA) is 235 Å². The van der Waals surface area contributed by atoms with Crippen LogP contribution in [0.2, 0.25) is 0 Å². The number of aromatic nitrogens is 2. The van der Waals surface area contributed by atoms with Gasteiger partial charge in [0.1, 0.15) is 17.7 Å². The molecule has 1 fully saturated rings. The predicted octanol–water partition coefficient (Wildman–Crippen LogP) is 5.80. The second-order valence-electron chi connectivity index (χ2n) is 14.1. The van der Waals surface area contributed by atoms with Crippen LogP contribution in [0.5, 0.6) is 0 Å². The summed E-state index contributed by atoms with van der Waals surface area (Å²) < 4.78 is 43.5. The van der Waals surface area contributed by atoms with Crippen molar-refractivity contribution in [1.82, 2.24) is 24.9 Å². The summed E-state index contributed by atoms with van der Waals surface area (Å²) in [6.07, 6.45) is 7.82. The number of piperidine rings is 1. The number of nitrogens with two attached hydrogens (primary N) is 1. The number of benzene rings is 3. The second-order valence-corrected chi connectivity index (χ2v) is 16.7. The number of anilines is 5. The maximum absolute atomic E-state index is 14.3. The molecule has 310 valence electrons. The first kappa shape index (κ1) is 42.8. The third-order valence-corrected chi connectivity index (χ3v) is 12.0. The van der Waals surface area contributed by atoms with Gasteiger partial charge in [0, 0.05) is 37.1 Å². The molecule has 0 saturated carbocycles. The van der Waals surface area contributed by atoms with Crippen molar-refractivity contribution in [2.75, 3.05) is 29.0 Å². The molecule has 59 heavy (non-hydrogen) atoms. The molecule has 2 aliphatic heterocycles. The van der Waals surface area contributed by atoms with E-state index in [0.717, 1.165) is 49.5 Å². The molecule has 1 atom stereocenters. The number of carbonyl (C=O) groups excluding carboxylic acids is 5. The van der Waals surface area contributed by atoms with Crippen LogP contribution in [0.25, 0.3) is 0 Å². The highest BCUT2D eigenvalue weighted by atomic mass is 79.9. The largest absolute Gasteiger partial charge is 0.384 e. The van der Waals surface area contributed by atoms with Crippen molar-refractivity contribution in [2.24, 2.45) is 5.73 Å². The van der Waals surface area contributed by atoms with Gasteiger partial charge in [-0.15, -0.1) is 0 Å². The molecule has 2 aliphatic rings. The first-order chi connectivity index (χ1) is 28.2. The van der Waals surface area contributed by atoms with Crippen LogP contribution in [-0.2, 0) is 19.6 Å². The highest BCUT2D eigenvalue weighted by Crippen LogP contribution is 2.33. The minimum absolute atomic E-state index is 0.0589. The number of primary amides is 1. The number of hydrogen-bond donors (Lipinski definition) is 6. The van der Waals surface area contributed by atoms with Crippen LogP contribution in [0.3, 0.4) is 0 Å². The third kappa shape index (κ3) is 10.1. The number of halogens is 2. The van der Waals surface area contributed by atoms with Gasteiger partial charge in [-0.3, -0.25) is 34.2 Å². The van der Waals surface area contributed by atoms with Crippen LogP contribution < -0.4 is 31.7 Å². The fourth-order valence-electron chi connectivity index (χ4n) is 6.89. The van der Waals surface area contributed by atoms with E-state index in [1.807, 2.05) is 0 Å². The van der Waals surface area contributed by atoms with E-state index in [9.17, 15) is 36.8 Å². The number of unbranched alkanes of at least 4 members (excludes halogenated alkanes) is 6. The Bertz CT molecular complexity index is 2420. The van der Waals surface area contributed by atoms with Crippen LogP contribution in [-0.4, -0.2) is 72.0 Å². The number of sulfonamides is 1. The van der Waals surface area contributed by atoms with E-state index in [1.165, 1.54) is 24.4 Å². The molecule has 16 nitrogen and oxygen atoms in total. The average Bonchev–Trinajstić information content (AvgIpc) is 3.44. The fraction of sp³-hybridized carbons (Fsp3) is 0.325. The van der Waals surface area contributed by atoms with Gasteiger partial charge >= 0.3 is 0 Å².